The third-order valence-corrected chi connectivity index (χ3v) is 3.46. The molecule has 98 valence electrons. The van der Waals surface area contributed by atoms with E-state index in [9.17, 15) is 4.79 Å². The van der Waals surface area contributed by atoms with Gasteiger partial charge in [-0.15, -0.1) is 0 Å². The maximum atomic E-state index is 11.9. The molecule has 4 heteroatoms. The van der Waals surface area contributed by atoms with Crippen LogP contribution in [0.1, 0.15) is 18.7 Å². The molecule has 1 aliphatic heterocycles. The first-order valence-corrected chi connectivity index (χ1v) is 6.48. The van der Waals surface area contributed by atoms with Crippen molar-refractivity contribution in [2.75, 3.05) is 33.2 Å². The highest BCUT2D eigenvalue weighted by atomic mass is 16.2. The van der Waals surface area contributed by atoms with Crippen LogP contribution < -0.4 is 5.32 Å². The summed E-state index contributed by atoms with van der Waals surface area (Å²) in [4.78, 5) is 16.1. The maximum Gasteiger partial charge on any atom is 0.238 e. The van der Waals surface area contributed by atoms with E-state index in [4.69, 9.17) is 0 Å². The van der Waals surface area contributed by atoms with Crippen molar-refractivity contribution in [2.24, 2.45) is 0 Å². The summed E-state index contributed by atoms with van der Waals surface area (Å²) >= 11 is 0. The second-order valence-corrected chi connectivity index (χ2v) is 4.68. The van der Waals surface area contributed by atoms with Gasteiger partial charge in [-0.3, -0.25) is 10.1 Å². The molecule has 2 rings (SSSR count). The summed E-state index contributed by atoms with van der Waals surface area (Å²) in [5.41, 5.74) is 1.16. The third kappa shape index (κ3) is 2.89. The molecule has 1 heterocycles. The van der Waals surface area contributed by atoms with Crippen LogP contribution in [-0.2, 0) is 4.79 Å². The molecule has 0 radical (unpaired) electrons. The molecule has 1 N–H and O–H groups in total. The molecule has 1 saturated heterocycles. The second-order valence-electron chi connectivity index (χ2n) is 4.68. The number of benzene rings is 1. The van der Waals surface area contributed by atoms with Gasteiger partial charge >= 0.3 is 0 Å². The highest BCUT2D eigenvalue weighted by Crippen LogP contribution is 2.21. The first kappa shape index (κ1) is 13.1. The number of likely N-dealkylation sites (N-methyl/N-ethyl adjacent to an activating group) is 1. The Balaban J connectivity index is 2.04. The van der Waals surface area contributed by atoms with E-state index in [-0.39, 0.29) is 12.1 Å². The Hall–Kier alpha value is -1.39. The van der Waals surface area contributed by atoms with Crippen LogP contribution in [-0.4, -0.2) is 48.9 Å². The van der Waals surface area contributed by atoms with Gasteiger partial charge in [0.05, 0.1) is 6.54 Å². The highest BCUT2D eigenvalue weighted by molar-refractivity contribution is 5.80. The van der Waals surface area contributed by atoms with E-state index in [0.717, 1.165) is 25.2 Å². The number of hydrogen-bond acceptors (Lipinski definition) is 3. The van der Waals surface area contributed by atoms with Gasteiger partial charge in [-0.25, -0.2) is 0 Å². The van der Waals surface area contributed by atoms with Gasteiger partial charge in [0.1, 0.15) is 6.17 Å². The fourth-order valence-corrected chi connectivity index (χ4v) is 2.16. The Morgan fingerprint density at radius 3 is 2.78 bits per heavy atom. The number of carbonyl (C=O) groups excluding carboxylic acids is 1. The molecule has 0 spiro atoms. The summed E-state index contributed by atoms with van der Waals surface area (Å²) in [6.45, 7) is 5.25. The van der Waals surface area contributed by atoms with E-state index < -0.39 is 0 Å². The van der Waals surface area contributed by atoms with Crippen LogP contribution in [0.3, 0.4) is 0 Å². The Bertz CT molecular complexity index is 393. The van der Waals surface area contributed by atoms with Crippen LogP contribution >= 0.6 is 0 Å². The van der Waals surface area contributed by atoms with Crippen LogP contribution in [0.5, 0.6) is 0 Å². The summed E-state index contributed by atoms with van der Waals surface area (Å²) in [6.07, 6.45) is 0.0314. The van der Waals surface area contributed by atoms with Crippen molar-refractivity contribution in [1.29, 1.82) is 0 Å². The Morgan fingerprint density at radius 2 is 2.11 bits per heavy atom. The molecule has 1 unspecified atom stereocenters. The van der Waals surface area contributed by atoms with Crippen molar-refractivity contribution in [2.45, 2.75) is 13.1 Å². The van der Waals surface area contributed by atoms with Crippen molar-refractivity contribution in [3.05, 3.63) is 35.9 Å². The van der Waals surface area contributed by atoms with Gasteiger partial charge in [0.2, 0.25) is 5.91 Å². The Morgan fingerprint density at radius 1 is 1.39 bits per heavy atom. The molecule has 0 bridgehead atoms. The molecule has 0 saturated carbocycles. The second kappa shape index (κ2) is 5.98. The van der Waals surface area contributed by atoms with Crippen molar-refractivity contribution >= 4 is 5.91 Å². The van der Waals surface area contributed by atoms with Gasteiger partial charge in [-0.2, -0.15) is 0 Å². The van der Waals surface area contributed by atoms with E-state index in [2.05, 4.69) is 36.3 Å². The van der Waals surface area contributed by atoms with Gasteiger partial charge in [-0.1, -0.05) is 37.3 Å². The zero-order valence-corrected chi connectivity index (χ0v) is 11.1. The normalized spacial score (nSPS) is 19.8. The highest BCUT2D eigenvalue weighted by Gasteiger charge is 2.30. The zero-order chi connectivity index (χ0) is 13.0. The molecule has 1 fully saturated rings. The average molecular weight is 247 g/mol. The van der Waals surface area contributed by atoms with Crippen LogP contribution in [0.15, 0.2) is 30.3 Å². The minimum Gasteiger partial charge on any atom is -0.321 e. The lowest BCUT2D eigenvalue weighted by atomic mass is 10.1. The van der Waals surface area contributed by atoms with E-state index in [0.29, 0.717) is 6.54 Å². The number of nitrogens with zero attached hydrogens (tertiary/aromatic N) is 2. The average Bonchev–Trinajstić information content (AvgIpc) is 2.78. The van der Waals surface area contributed by atoms with Gasteiger partial charge in [0, 0.05) is 13.1 Å². The number of rotatable bonds is 5. The zero-order valence-electron chi connectivity index (χ0n) is 11.1. The molecule has 0 aromatic heterocycles. The quantitative estimate of drug-likeness (QED) is 0.845. The summed E-state index contributed by atoms with van der Waals surface area (Å²) < 4.78 is 0. The minimum absolute atomic E-state index is 0.0314. The topological polar surface area (TPSA) is 35.6 Å². The van der Waals surface area contributed by atoms with Crippen molar-refractivity contribution in [3.63, 3.8) is 0 Å². The smallest absolute Gasteiger partial charge is 0.238 e. The minimum atomic E-state index is 0.0314. The molecule has 1 aromatic rings. The number of hydrogen-bond donors (Lipinski definition) is 1. The van der Waals surface area contributed by atoms with E-state index in [1.165, 1.54) is 0 Å². The lowest BCUT2D eigenvalue weighted by Crippen LogP contribution is -2.36. The van der Waals surface area contributed by atoms with Crippen molar-refractivity contribution in [1.82, 2.24) is 15.1 Å². The lowest BCUT2D eigenvalue weighted by Gasteiger charge is -2.26. The fraction of sp³-hybridized carbons (Fsp3) is 0.500. The lowest BCUT2D eigenvalue weighted by molar-refractivity contribution is -0.128. The number of amides is 1. The van der Waals surface area contributed by atoms with Crippen LogP contribution in [0.4, 0.5) is 0 Å². The molecular weight excluding hydrogens is 226 g/mol. The van der Waals surface area contributed by atoms with Crippen LogP contribution in [0.25, 0.3) is 0 Å². The van der Waals surface area contributed by atoms with Gasteiger partial charge in [-0.05, 0) is 19.2 Å². The van der Waals surface area contributed by atoms with Crippen molar-refractivity contribution < 1.29 is 4.79 Å². The first-order valence-electron chi connectivity index (χ1n) is 6.48. The van der Waals surface area contributed by atoms with Gasteiger partial charge in [0.15, 0.2) is 0 Å². The van der Waals surface area contributed by atoms with Crippen LogP contribution in [0, 0.1) is 0 Å². The fourth-order valence-electron chi connectivity index (χ4n) is 2.16. The summed E-state index contributed by atoms with van der Waals surface area (Å²) in [7, 11) is 2.07. The van der Waals surface area contributed by atoms with Gasteiger partial charge < -0.3 is 9.80 Å². The van der Waals surface area contributed by atoms with E-state index in [1.54, 1.807) is 0 Å². The van der Waals surface area contributed by atoms with Gasteiger partial charge in [0.25, 0.3) is 0 Å². The largest absolute Gasteiger partial charge is 0.321 e. The maximum absolute atomic E-state index is 11.9. The number of nitrogens with one attached hydrogen (secondary N) is 1. The Kier molecular flexibility index (Phi) is 4.33. The molecule has 18 heavy (non-hydrogen) atoms. The standard InChI is InChI=1S/C14H21N3O/c1-3-16(2)9-10-17-13(18)11-15-14(17)12-7-5-4-6-8-12/h4-8,14-15H,3,9-11H2,1-2H3. The number of carbonyl (C=O) groups is 1. The van der Waals surface area contributed by atoms with E-state index in [1.807, 2.05) is 23.1 Å². The summed E-state index contributed by atoms with van der Waals surface area (Å²) in [5, 5.41) is 3.27. The SMILES string of the molecule is CCN(C)CCN1C(=O)CNC1c1ccccc1. The molecule has 1 amide bonds. The molecule has 0 aliphatic carbocycles. The summed E-state index contributed by atoms with van der Waals surface area (Å²) in [6, 6.07) is 10.1. The predicted molar refractivity (Wildman–Crippen MR) is 72.1 cm³/mol. The summed E-state index contributed by atoms with van der Waals surface area (Å²) in [5.74, 6) is 0.188. The molecule has 1 aromatic carbocycles. The monoisotopic (exact) mass is 247 g/mol. The molecule has 4 nitrogen and oxygen atoms in total. The van der Waals surface area contributed by atoms with E-state index >= 15 is 0 Å². The molecule has 1 aliphatic rings. The van der Waals surface area contributed by atoms with Crippen LogP contribution in [0.2, 0.25) is 0 Å². The third-order valence-electron chi connectivity index (χ3n) is 3.46. The Labute approximate surface area is 109 Å². The first-order chi connectivity index (χ1) is 8.72. The predicted octanol–water partition coefficient (Wildman–Crippen LogP) is 1.07. The van der Waals surface area contributed by atoms with Crippen molar-refractivity contribution in [3.8, 4) is 0 Å². The molecular formula is C14H21N3O. The molecule has 1 atom stereocenters.